The lowest BCUT2D eigenvalue weighted by molar-refractivity contribution is 0.281. The van der Waals surface area contributed by atoms with Crippen LogP contribution in [0.25, 0.3) is 0 Å². The van der Waals surface area contributed by atoms with Crippen molar-refractivity contribution in [2.75, 3.05) is 0 Å². The summed E-state index contributed by atoms with van der Waals surface area (Å²) >= 11 is 0. The van der Waals surface area contributed by atoms with E-state index in [9.17, 15) is 0 Å². The standard InChI is InChI=1S/C17H21NO2/c1-12-9-16(13(2)18)7-8-17(12)20-11-15-5-3-14(10-19)4-6-15/h3-9,13,19H,10-11,18H2,1-2H3/t13-/m1/s1. The summed E-state index contributed by atoms with van der Waals surface area (Å²) in [4.78, 5) is 0. The molecule has 0 aliphatic carbocycles. The van der Waals surface area contributed by atoms with Gasteiger partial charge in [0.1, 0.15) is 12.4 Å². The van der Waals surface area contributed by atoms with Crippen LogP contribution in [-0.2, 0) is 13.2 Å². The molecule has 0 saturated heterocycles. The van der Waals surface area contributed by atoms with E-state index >= 15 is 0 Å². The molecule has 0 heterocycles. The van der Waals surface area contributed by atoms with Crippen molar-refractivity contribution in [1.29, 1.82) is 0 Å². The Morgan fingerprint density at radius 3 is 2.30 bits per heavy atom. The molecule has 0 spiro atoms. The third-order valence-corrected chi connectivity index (χ3v) is 3.32. The highest BCUT2D eigenvalue weighted by atomic mass is 16.5. The van der Waals surface area contributed by atoms with Gasteiger partial charge in [0.25, 0.3) is 0 Å². The smallest absolute Gasteiger partial charge is 0.122 e. The maximum Gasteiger partial charge on any atom is 0.122 e. The first-order valence-electron chi connectivity index (χ1n) is 6.77. The van der Waals surface area contributed by atoms with Crippen LogP contribution in [0.3, 0.4) is 0 Å². The molecule has 2 aromatic carbocycles. The molecule has 20 heavy (non-hydrogen) atoms. The Morgan fingerprint density at radius 1 is 1.10 bits per heavy atom. The number of aryl methyl sites for hydroxylation is 1. The summed E-state index contributed by atoms with van der Waals surface area (Å²) in [7, 11) is 0. The van der Waals surface area contributed by atoms with Gasteiger partial charge in [-0.2, -0.15) is 0 Å². The second-order valence-electron chi connectivity index (χ2n) is 5.08. The predicted octanol–water partition coefficient (Wildman–Crippen LogP) is 3.09. The Labute approximate surface area is 120 Å². The van der Waals surface area contributed by atoms with Gasteiger partial charge in [-0.3, -0.25) is 0 Å². The van der Waals surface area contributed by atoms with Gasteiger partial charge in [0.05, 0.1) is 6.61 Å². The average molecular weight is 271 g/mol. The zero-order chi connectivity index (χ0) is 14.5. The SMILES string of the molecule is Cc1cc([C@@H](C)N)ccc1OCc1ccc(CO)cc1. The Hall–Kier alpha value is -1.84. The summed E-state index contributed by atoms with van der Waals surface area (Å²) in [6.07, 6.45) is 0. The van der Waals surface area contributed by atoms with Gasteiger partial charge in [0.2, 0.25) is 0 Å². The van der Waals surface area contributed by atoms with Crippen molar-refractivity contribution in [3.63, 3.8) is 0 Å². The fraction of sp³-hybridized carbons (Fsp3) is 0.294. The average Bonchev–Trinajstić information content (AvgIpc) is 2.46. The van der Waals surface area contributed by atoms with Gasteiger partial charge in [-0.05, 0) is 42.2 Å². The van der Waals surface area contributed by atoms with E-state index in [0.717, 1.165) is 28.0 Å². The molecule has 3 nitrogen and oxygen atoms in total. The summed E-state index contributed by atoms with van der Waals surface area (Å²) in [6.45, 7) is 4.58. The third-order valence-electron chi connectivity index (χ3n) is 3.32. The Balaban J connectivity index is 2.03. The third kappa shape index (κ3) is 3.59. The minimum Gasteiger partial charge on any atom is -0.489 e. The van der Waals surface area contributed by atoms with Gasteiger partial charge in [-0.25, -0.2) is 0 Å². The molecule has 0 aromatic heterocycles. The lowest BCUT2D eigenvalue weighted by Crippen LogP contribution is -2.05. The van der Waals surface area contributed by atoms with Crippen LogP contribution in [0.4, 0.5) is 0 Å². The Kier molecular flexibility index (Phi) is 4.77. The fourth-order valence-corrected chi connectivity index (χ4v) is 2.02. The van der Waals surface area contributed by atoms with Crippen molar-refractivity contribution in [2.24, 2.45) is 5.73 Å². The number of ether oxygens (including phenoxy) is 1. The van der Waals surface area contributed by atoms with Crippen molar-refractivity contribution < 1.29 is 9.84 Å². The van der Waals surface area contributed by atoms with Gasteiger partial charge in [-0.1, -0.05) is 36.4 Å². The number of hydrogen-bond donors (Lipinski definition) is 2. The molecule has 2 aromatic rings. The number of hydrogen-bond acceptors (Lipinski definition) is 3. The highest BCUT2D eigenvalue weighted by molar-refractivity contribution is 5.37. The van der Waals surface area contributed by atoms with Crippen LogP contribution in [0.1, 0.15) is 35.2 Å². The van der Waals surface area contributed by atoms with Crippen LogP contribution in [0.5, 0.6) is 5.75 Å². The summed E-state index contributed by atoms with van der Waals surface area (Å²) in [5, 5.41) is 9.00. The van der Waals surface area contributed by atoms with Crippen LogP contribution in [0, 0.1) is 6.92 Å². The van der Waals surface area contributed by atoms with Crippen molar-refractivity contribution >= 4 is 0 Å². The normalized spacial score (nSPS) is 12.2. The largest absolute Gasteiger partial charge is 0.489 e. The molecule has 0 fully saturated rings. The maximum absolute atomic E-state index is 9.00. The Bertz CT molecular complexity index is 562. The predicted molar refractivity (Wildman–Crippen MR) is 80.5 cm³/mol. The van der Waals surface area contributed by atoms with Gasteiger partial charge in [0, 0.05) is 6.04 Å². The number of aliphatic hydroxyl groups excluding tert-OH is 1. The van der Waals surface area contributed by atoms with Crippen LogP contribution in [-0.4, -0.2) is 5.11 Å². The van der Waals surface area contributed by atoms with Crippen LogP contribution < -0.4 is 10.5 Å². The van der Waals surface area contributed by atoms with Crippen molar-refractivity contribution in [2.45, 2.75) is 33.1 Å². The molecule has 0 bridgehead atoms. The van der Waals surface area contributed by atoms with E-state index < -0.39 is 0 Å². The molecule has 3 heteroatoms. The summed E-state index contributed by atoms with van der Waals surface area (Å²) in [6, 6.07) is 13.8. The number of nitrogens with two attached hydrogens (primary N) is 1. The molecule has 0 radical (unpaired) electrons. The lowest BCUT2D eigenvalue weighted by atomic mass is 10.1. The molecule has 3 N–H and O–H groups in total. The molecular weight excluding hydrogens is 250 g/mol. The van der Waals surface area contributed by atoms with Gasteiger partial charge in [0.15, 0.2) is 0 Å². The van der Waals surface area contributed by atoms with E-state index in [1.165, 1.54) is 0 Å². The summed E-state index contributed by atoms with van der Waals surface area (Å²) in [5.41, 5.74) is 10.1. The topological polar surface area (TPSA) is 55.5 Å². The van der Waals surface area contributed by atoms with Crippen molar-refractivity contribution in [3.8, 4) is 5.75 Å². The van der Waals surface area contributed by atoms with Crippen molar-refractivity contribution in [1.82, 2.24) is 0 Å². The molecular formula is C17H21NO2. The molecule has 0 unspecified atom stereocenters. The molecule has 106 valence electrons. The highest BCUT2D eigenvalue weighted by Gasteiger charge is 2.04. The van der Waals surface area contributed by atoms with Crippen LogP contribution >= 0.6 is 0 Å². The summed E-state index contributed by atoms with van der Waals surface area (Å²) in [5.74, 6) is 0.876. The molecule has 0 saturated carbocycles. The number of rotatable bonds is 5. The van der Waals surface area contributed by atoms with Crippen LogP contribution in [0.2, 0.25) is 0 Å². The molecule has 2 rings (SSSR count). The van der Waals surface area contributed by atoms with E-state index in [1.54, 1.807) is 0 Å². The second-order valence-corrected chi connectivity index (χ2v) is 5.08. The second kappa shape index (κ2) is 6.55. The minimum absolute atomic E-state index is 0.0359. The quantitative estimate of drug-likeness (QED) is 0.878. The van der Waals surface area contributed by atoms with E-state index in [1.807, 2.05) is 50.2 Å². The fourth-order valence-electron chi connectivity index (χ4n) is 2.02. The molecule has 1 atom stereocenters. The first-order chi connectivity index (χ1) is 9.60. The highest BCUT2D eigenvalue weighted by Crippen LogP contribution is 2.22. The molecule has 0 aliphatic rings. The zero-order valence-corrected chi connectivity index (χ0v) is 12.0. The van der Waals surface area contributed by atoms with E-state index in [2.05, 4.69) is 6.07 Å². The van der Waals surface area contributed by atoms with E-state index in [4.69, 9.17) is 15.6 Å². The molecule has 0 amide bonds. The van der Waals surface area contributed by atoms with Crippen LogP contribution in [0.15, 0.2) is 42.5 Å². The lowest BCUT2D eigenvalue weighted by Gasteiger charge is -2.12. The maximum atomic E-state index is 9.00. The van der Waals surface area contributed by atoms with Gasteiger partial charge >= 0.3 is 0 Å². The monoisotopic (exact) mass is 271 g/mol. The number of aliphatic hydroxyl groups is 1. The van der Waals surface area contributed by atoms with E-state index in [0.29, 0.717) is 6.61 Å². The first-order valence-corrected chi connectivity index (χ1v) is 6.77. The molecule has 0 aliphatic heterocycles. The first kappa shape index (κ1) is 14.6. The summed E-state index contributed by atoms with van der Waals surface area (Å²) < 4.78 is 5.83. The minimum atomic E-state index is 0.0359. The zero-order valence-electron chi connectivity index (χ0n) is 12.0. The Morgan fingerprint density at radius 2 is 1.75 bits per heavy atom. The van der Waals surface area contributed by atoms with Gasteiger partial charge in [-0.15, -0.1) is 0 Å². The number of benzene rings is 2. The van der Waals surface area contributed by atoms with Crippen molar-refractivity contribution in [3.05, 3.63) is 64.7 Å². The van der Waals surface area contributed by atoms with Gasteiger partial charge < -0.3 is 15.6 Å². The van der Waals surface area contributed by atoms with E-state index in [-0.39, 0.29) is 12.6 Å².